The van der Waals surface area contributed by atoms with Crippen molar-refractivity contribution in [2.45, 2.75) is 6.54 Å². The zero-order valence-corrected chi connectivity index (χ0v) is 10.3. The number of hydrogen-bond donors (Lipinski definition) is 1. The first-order valence-corrected chi connectivity index (χ1v) is 5.61. The minimum atomic E-state index is -0.259. The Balaban J connectivity index is 2.10. The van der Waals surface area contributed by atoms with E-state index in [2.05, 4.69) is 26.2 Å². The molecule has 5 heteroatoms. The fourth-order valence-electron chi connectivity index (χ4n) is 1.37. The van der Waals surface area contributed by atoms with Gasteiger partial charge in [-0.25, -0.2) is 9.37 Å². The topological polar surface area (TPSA) is 29.9 Å². The summed E-state index contributed by atoms with van der Waals surface area (Å²) in [5, 5.41) is 3.13. The lowest BCUT2D eigenvalue weighted by atomic mass is 10.3. The Bertz CT molecular complexity index is 496. The van der Waals surface area contributed by atoms with Crippen LogP contribution in [0.1, 0.15) is 5.82 Å². The van der Waals surface area contributed by atoms with E-state index in [-0.39, 0.29) is 5.82 Å². The number of imidazole rings is 1. The van der Waals surface area contributed by atoms with Crippen LogP contribution < -0.4 is 5.32 Å². The van der Waals surface area contributed by atoms with Crippen LogP contribution in [-0.2, 0) is 13.6 Å². The highest BCUT2D eigenvalue weighted by atomic mass is 79.9. The zero-order chi connectivity index (χ0) is 11.5. The smallest absolute Gasteiger partial charge is 0.127 e. The Labute approximate surface area is 101 Å². The number of anilines is 1. The van der Waals surface area contributed by atoms with E-state index in [1.807, 2.05) is 17.8 Å². The van der Waals surface area contributed by atoms with Gasteiger partial charge in [-0.3, -0.25) is 0 Å². The van der Waals surface area contributed by atoms with Crippen LogP contribution in [0.25, 0.3) is 0 Å². The van der Waals surface area contributed by atoms with Crippen LogP contribution in [0, 0.1) is 5.82 Å². The second-order valence-corrected chi connectivity index (χ2v) is 4.29. The largest absolute Gasteiger partial charge is 0.377 e. The highest BCUT2D eigenvalue weighted by molar-refractivity contribution is 9.10. The Morgan fingerprint density at radius 1 is 1.50 bits per heavy atom. The summed E-state index contributed by atoms with van der Waals surface area (Å²) in [6, 6.07) is 4.54. The summed E-state index contributed by atoms with van der Waals surface area (Å²) >= 11 is 3.36. The molecule has 1 aromatic heterocycles. The van der Waals surface area contributed by atoms with E-state index in [9.17, 15) is 4.39 Å². The van der Waals surface area contributed by atoms with Crippen molar-refractivity contribution >= 4 is 21.6 Å². The van der Waals surface area contributed by atoms with Gasteiger partial charge in [0.15, 0.2) is 0 Å². The fourth-order valence-corrected chi connectivity index (χ4v) is 1.76. The molecule has 0 saturated carbocycles. The molecule has 2 aromatic rings. The molecule has 1 N–H and O–H groups in total. The van der Waals surface area contributed by atoms with E-state index >= 15 is 0 Å². The summed E-state index contributed by atoms with van der Waals surface area (Å²) in [6.07, 6.45) is 3.61. The maximum atomic E-state index is 13.0. The Hall–Kier alpha value is -1.36. The third kappa shape index (κ3) is 2.41. The predicted molar refractivity (Wildman–Crippen MR) is 64.6 cm³/mol. The quantitative estimate of drug-likeness (QED) is 0.939. The number of benzene rings is 1. The van der Waals surface area contributed by atoms with Crippen LogP contribution in [0.5, 0.6) is 0 Å². The number of nitrogens with zero attached hydrogens (tertiary/aromatic N) is 2. The van der Waals surface area contributed by atoms with Crippen molar-refractivity contribution in [3.63, 3.8) is 0 Å². The lowest BCUT2D eigenvalue weighted by Crippen LogP contribution is -2.06. The number of halogens is 2. The molecule has 0 spiro atoms. The minimum Gasteiger partial charge on any atom is -0.377 e. The molecular weight excluding hydrogens is 273 g/mol. The zero-order valence-electron chi connectivity index (χ0n) is 8.74. The van der Waals surface area contributed by atoms with E-state index in [0.29, 0.717) is 6.54 Å². The average molecular weight is 284 g/mol. The SMILES string of the molecule is Cn1ccnc1CNc1cc(F)ccc1Br. The van der Waals surface area contributed by atoms with E-state index in [0.717, 1.165) is 16.0 Å². The van der Waals surface area contributed by atoms with Gasteiger partial charge in [-0.2, -0.15) is 0 Å². The fraction of sp³-hybridized carbons (Fsp3) is 0.182. The Kier molecular flexibility index (Phi) is 3.24. The van der Waals surface area contributed by atoms with Gasteiger partial charge in [-0.05, 0) is 34.1 Å². The average Bonchev–Trinajstić information content (AvgIpc) is 2.66. The van der Waals surface area contributed by atoms with Crippen molar-refractivity contribution in [2.24, 2.45) is 7.05 Å². The molecule has 0 aliphatic heterocycles. The number of hydrogen-bond acceptors (Lipinski definition) is 2. The van der Waals surface area contributed by atoms with Gasteiger partial charge in [0.1, 0.15) is 11.6 Å². The Morgan fingerprint density at radius 2 is 2.31 bits per heavy atom. The van der Waals surface area contributed by atoms with Crippen LogP contribution in [0.4, 0.5) is 10.1 Å². The van der Waals surface area contributed by atoms with Crippen LogP contribution in [0.3, 0.4) is 0 Å². The molecule has 0 saturated heterocycles. The van der Waals surface area contributed by atoms with Crippen molar-refractivity contribution in [1.29, 1.82) is 0 Å². The van der Waals surface area contributed by atoms with Crippen LogP contribution >= 0.6 is 15.9 Å². The van der Waals surface area contributed by atoms with Gasteiger partial charge in [-0.15, -0.1) is 0 Å². The van der Waals surface area contributed by atoms with E-state index < -0.39 is 0 Å². The number of aryl methyl sites for hydroxylation is 1. The number of rotatable bonds is 3. The molecule has 1 aromatic carbocycles. The van der Waals surface area contributed by atoms with Crippen LogP contribution in [-0.4, -0.2) is 9.55 Å². The maximum absolute atomic E-state index is 13.0. The molecular formula is C11H11BrFN3. The normalized spacial score (nSPS) is 10.4. The second-order valence-electron chi connectivity index (χ2n) is 3.43. The molecule has 0 radical (unpaired) electrons. The first kappa shape index (κ1) is 11.1. The first-order chi connectivity index (χ1) is 7.66. The molecule has 0 bridgehead atoms. The first-order valence-electron chi connectivity index (χ1n) is 4.82. The molecule has 2 rings (SSSR count). The van der Waals surface area contributed by atoms with Gasteiger partial charge in [0.25, 0.3) is 0 Å². The maximum Gasteiger partial charge on any atom is 0.127 e. The van der Waals surface area contributed by atoms with Gasteiger partial charge < -0.3 is 9.88 Å². The summed E-state index contributed by atoms with van der Waals surface area (Å²) in [5.74, 6) is 0.640. The highest BCUT2D eigenvalue weighted by Crippen LogP contribution is 2.23. The molecule has 1 heterocycles. The molecule has 84 valence electrons. The van der Waals surface area contributed by atoms with Gasteiger partial charge in [-0.1, -0.05) is 0 Å². The van der Waals surface area contributed by atoms with Gasteiger partial charge in [0.2, 0.25) is 0 Å². The highest BCUT2D eigenvalue weighted by Gasteiger charge is 2.03. The molecule has 0 fully saturated rings. The monoisotopic (exact) mass is 283 g/mol. The van der Waals surface area contributed by atoms with Gasteiger partial charge in [0.05, 0.1) is 12.2 Å². The minimum absolute atomic E-state index is 0.259. The summed E-state index contributed by atoms with van der Waals surface area (Å²) < 4.78 is 15.8. The van der Waals surface area contributed by atoms with Crippen LogP contribution in [0.2, 0.25) is 0 Å². The standard InChI is InChI=1S/C11H11BrFN3/c1-16-5-4-14-11(16)7-15-10-6-8(13)2-3-9(10)12/h2-6,15H,7H2,1H3. The molecule has 0 aliphatic rings. The van der Waals surface area contributed by atoms with Crippen molar-refractivity contribution in [3.05, 3.63) is 46.7 Å². The lowest BCUT2D eigenvalue weighted by Gasteiger charge is -2.08. The van der Waals surface area contributed by atoms with Crippen molar-refractivity contribution < 1.29 is 4.39 Å². The molecule has 0 amide bonds. The predicted octanol–water partition coefficient (Wildman–Crippen LogP) is 2.93. The molecule has 0 atom stereocenters. The van der Waals surface area contributed by atoms with E-state index in [4.69, 9.17) is 0 Å². The van der Waals surface area contributed by atoms with Gasteiger partial charge in [0, 0.05) is 23.9 Å². The Morgan fingerprint density at radius 3 is 3.00 bits per heavy atom. The van der Waals surface area contributed by atoms with Crippen molar-refractivity contribution in [1.82, 2.24) is 9.55 Å². The van der Waals surface area contributed by atoms with Crippen LogP contribution in [0.15, 0.2) is 35.1 Å². The molecule has 0 unspecified atom stereocenters. The third-order valence-corrected chi connectivity index (χ3v) is 2.98. The molecule has 0 aliphatic carbocycles. The summed E-state index contributed by atoms with van der Waals surface area (Å²) in [7, 11) is 1.92. The van der Waals surface area contributed by atoms with Gasteiger partial charge >= 0.3 is 0 Å². The van der Waals surface area contributed by atoms with Crippen molar-refractivity contribution in [2.75, 3.05) is 5.32 Å². The number of nitrogens with one attached hydrogen (secondary N) is 1. The van der Waals surface area contributed by atoms with Crippen molar-refractivity contribution in [3.8, 4) is 0 Å². The number of aromatic nitrogens is 2. The van der Waals surface area contributed by atoms with E-state index in [1.54, 1.807) is 12.3 Å². The third-order valence-electron chi connectivity index (χ3n) is 2.29. The molecule has 16 heavy (non-hydrogen) atoms. The van der Waals surface area contributed by atoms with E-state index in [1.165, 1.54) is 12.1 Å². The lowest BCUT2D eigenvalue weighted by molar-refractivity contribution is 0.628. The summed E-state index contributed by atoms with van der Waals surface area (Å²) in [6.45, 7) is 0.561. The second kappa shape index (κ2) is 4.65. The molecule has 3 nitrogen and oxygen atoms in total. The summed E-state index contributed by atoms with van der Waals surface area (Å²) in [5.41, 5.74) is 0.725. The summed E-state index contributed by atoms with van der Waals surface area (Å²) in [4.78, 5) is 4.17.